The zero-order valence-corrected chi connectivity index (χ0v) is 15.6. The quantitative estimate of drug-likeness (QED) is 0.706. The van der Waals surface area contributed by atoms with Crippen LogP contribution in [0, 0.1) is 6.92 Å². The Balaban J connectivity index is 1.66. The van der Waals surface area contributed by atoms with Gasteiger partial charge in [-0.05, 0) is 19.5 Å². The molecule has 0 bridgehead atoms. The predicted molar refractivity (Wildman–Crippen MR) is 100 cm³/mol. The van der Waals surface area contributed by atoms with Gasteiger partial charge in [-0.15, -0.1) is 5.10 Å². The Morgan fingerprint density at radius 1 is 1.04 bits per heavy atom. The number of hydrogen-bond donors (Lipinski definition) is 0. The molecule has 26 heavy (non-hydrogen) atoms. The number of aromatic nitrogens is 6. The maximum atomic E-state index is 4.81. The molecule has 4 rings (SSSR count). The van der Waals surface area contributed by atoms with E-state index in [9.17, 15) is 0 Å². The van der Waals surface area contributed by atoms with Gasteiger partial charge in [0.1, 0.15) is 0 Å². The molecule has 1 saturated heterocycles. The number of likely N-dealkylation sites (N-methyl/N-ethyl adjacent to an activating group) is 1. The lowest BCUT2D eigenvalue weighted by molar-refractivity contribution is 0.270. The number of nitrogens with zero attached hydrogens (tertiary/aromatic N) is 8. The van der Waals surface area contributed by atoms with Gasteiger partial charge in [-0.1, -0.05) is 13.8 Å². The zero-order valence-electron chi connectivity index (χ0n) is 15.6. The second kappa shape index (κ2) is 6.95. The largest absolute Gasteiger partial charge is 0.338 e. The lowest BCUT2D eigenvalue weighted by Crippen LogP contribution is -2.46. The maximum absolute atomic E-state index is 4.81. The number of aryl methyl sites for hydroxylation is 2. The van der Waals surface area contributed by atoms with E-state index in [0.29, 0.717) is 5.78 Å². The van der Waals surface area contributed by atoms with Crippen LogP contribution < -0.4 is 4.90 Å². The van der Waals surface area contributed by atoms with E-state index in [1.165, 1.54) is 0 Å². The highest BCUT2D eigenvalue weighted by atomic mass is 15.3. The van der Waals surface area contributed by atoms with Gasteiger partial charge in [0.05, 0.1) is 11.4 Å². The van der Waals surface area contributed by atoms with E-state index in [4.69, 9.17) is 4.98 Å². The van der Waals surface area contributed by atoms with Gasteiger partial charge in [-0.3, -0.25) is 0 Å². The van der Waals surface area contributed by atoms with Crippen molar-refractivity contribution in [2.24, 2.45) is 0 Å². The number of anilines is 1. The van der Waals surface area contributed by atoms with Crippen molar-refractivity contribution < 1.29 is 0 Å². The maximum Gasteiger partial charge on any atom is 0.252 e. The Kier molecular flexibility index (Phi) is 4.50. The first kappa shape index (κ1) is 16.8. The van der Waals surface area contributed by atoms with E-state index in [1.54, 1.807) is 4.52 Å². The molecule has 1 aliphatic rings. The highest BCUT2D eigenvalue weighted by Crippen LogP contribution is 2.23. The lowest BCUT2D eigenvalue weighted by Gasteiger charge is -2.34. The highest BCUT2D eigenvalue weighted by molar-refractivity contribution is 5.63. The summed E-state index contributed by atoms with van der Waals surface area (Å²) >= 11 is 0. The van der Waals surface area contributed by atoms with E-state index in [-0.39, 0.29) is 0 Å². The minimum Gasteiger partial charge on any atom is -0.338 e. The van der Waals surface area contributed by atoms with Gasteiger partial charge in [0.15, 0.2) is 5.82 Å². The molecule has 3 aromatic rings. The van der Waals surface area contributed by atoms with Crippen LogP contribution in [0.15, 0.2) is 18.5 Å². The summed E-state index contributed by atoms with van der Waals surface area (Å²) in [6.07, 6.45) is 4.45. The molecule has 1 fully saturated rings. The molecule has 0 radical (unpaired) electrons. The smallest absolute Gasteiger partial charge is 0.252 e. The molecule has 8 nitrogen and oxygen atoms in total. The van der Waals surface area contributed by atoms with Crippen LogP contribution in [0.3, 0.4) is 0 Å². The second-order valence-corrected chi connectivity index (χ2v) is 6.51. The van der Waals surface area contributed by atoms with Crippen LogP contribution >= 0.6 is 0 Å². The van der Waals surface area contributed by atoms with Crippen LogP contribution in [-0.2, 0) is 6.42 Å². The SMILES string of the molecule is CCc1nc2ncc(-c3ccnc(N4CCN(CC)CC4)n3)c(C)n2n1. The molecule has 0 aliphatic carbocycles. The summed E-state index contributed by atoms with van der Waals surface area (Å²) in [5.41, 5.74) is 2.82. The predicted octanol–water partition coefficient (Wildman–Crippen LogP) is 1.59. The summed E-state index contributed by atoms with van der Waals surface area (Å²) in [5, 5.41) is 4.53. The molecule has 136 valence electrons. The molecule has 0 amide bonds. The van der Waals surface area contributed by atoms with Crippen molar-refractivity contribution in [1.29, 1.82) is 0 Å². The van der Waals surface area contributed by atoms with Crippen molar-refractivity contribution in [2.45, 2.75) is 27.2 Å². The minimum absolute atomic E-state index is 0.632. The molecule has 0 N–H and O–H groups in total. The number of hydrogen-bond acceptors (Lipinski definition) is 7. The Morgan fingerprint density at radius 3 is 2.58 bits per heavy atom. The lowest BCUT2D eigenvalue weighted by atomic mass is 10.2. The molecular weight excluding hydrogens is 328 g/mol. The molecule has 0 unspecified atom stereocenters. The van der Waals surface area contributed by atoms with E-state index in [1.807, 2.05) is 32.3 Å². The summed E-state index contributed by atoms with van der Waals surface area (Å²) in [6, 6.07) is 1.93. The summed E-state index contributed by atoms with van der Waals surface area (Å²) in [7, 11) is 0. The van der Waals surface area contributed by atoms with Crippen LogP contribution in [0.2, 0.25) is 0 Å². The van der Waals surface area contributed by atoms with Gasteiger partial charge >= 0.3 is 0 Å². The summed E-state index contributed by atoms with van der Waals surface area (Å²) in [5.74, 6) is 2.22. The minimum atomic E-state index is 0.632. The number of piperazine rings is 1. The summed E-state index contributed by atoms with van der Waals surface area (Å²) < 4.78 is 1.80. The van der Waals surface area contributed by atoms with Crippen molar-refractivity contribution in [3.05, 3.63) is 30.0 Å². The fourth-order valence-electron chi connectivity index (χ4n) is 3.30. The first-order valence-corrected chi connectivity index (χ1v) is 9.21. The average molecular weight is 352 g/mol. The Bertz CT molecular complexity index is 911. The van der Waals surface area contributed by atoms with Crippen molar-refractivity contribution in [3.8, 4) is 11.3 Å². The van der Waals surface area contributed by atoms with Crippen molar-refractivity contribution in [1.82, 2.24) is 34.4 Å². The van der Waals surface area contributed by atoms with E-state index < -0.39 is 0 Å². The highest BCUT2D eigenvalue weighted by Gasteiger charge is 2.19. The number of fused-ring (bicyclic) bond motifs is 1. The van der Waals surface area contributed by atoms with Gasteiger partial charge in [0.2, 0.25) is 5.95 Å². The van der Waals surface area contributed by atoms with Gasteiger partial charge in [0, 0.05) is 50.6 Å². The molecule has 4 heterocycles. The molecule has 0 saturated carbocycles. The standard InChI is InChI=1S/C18H24N8/c1-4-16-22-18-20-12-14(13(3)26(18)23-16)15-6-7-19-17(21-15)25-10-8-24(5-2)9-11-25/h6-7,12H,4-5,8-11H2,1-3H3. The van der Waals surface area contributed by atoms with Gasteiger partial charge in [-0.25, -0.2) is 19.5 Å². The normalized spacial score (nSPS) is 15.7. The van der Waals surface area contributed by atoms with E-state index >= 15 is 0 Å². The Hall–Kier alpha value is -2.61. The summed E-state index contributed by atoms with van der Waals surface area (Å²) in [4.78, 5) is 22.9. The van der Waals surface area contributed by atoms with Gasteiger partial charge in [-0.2, -0.15) is 4.98 Å². The van der Waals surface area contributed by atoms with Crippen LogP contribution in [0.4, 0.5) is 5.95 Å². The third kappa shape index (κ3) is 3.01. The van der Waals surface area contributed by atoms with Crippen LogP contribution in [-0.4, -0.2) is 67.2 Å². The van der Waals surface area contributed by atoms with Crippen molar-refractivity contribution in [3.63, 3.8) is 0 Å². The van der Waals surface area contributed by atoms with Crippen molar-refractivity contribution >= 4 is 11.7 Å². The molecule has 0 atom stereocenters. The third-order valence-electron chi connectivity index (χ3n) is 4.99. The first-order chi connectivity index (χ1) is 12.7. The molecular formula is C18H24N8. The topological polar surface area (TPSA) is 75.3 Å². The monoisotopic (exact) mass is 352 g/mol. The zero-order chi connectivity index (χ0) is 18.1. The summed E-state index contributed by atoms with van der Waals surface area (Å²) in [6.45, 7) is 11.4. The van der Waals surface area contributed by atoms with Crippen LogP contribution in [0.25, 0.3) is 17.0 Å². The average Bonchev–Trinajstić information content (AvgIpc) is 3.13. The molecule has 1 aliphatic heterocycles. The van der Waals surface area contributed by atoms with E-state index in [0.717, 1.165) is 67.9 Å². The molecule has 3 aromatic heterocycles. The fraction of sp³-hybridized carbons (Fsp3) is 0.500. The molecule has 0 spiro atoms. The molecule has 8 heteroatoms. The Morgan fingerprint density at radius 2 is 1.85 bits per heavy atom. The number of rotatable bonds is 4. The second-order valence-electron chi connectivity index (χ2n) is 6.51. The Labute approximate surface area is 152 Å². The van der Waals surface area contributed by atoms with Gasteiger partial charge < -0.3 is 9.80 Å². The van der Waals surface area contributed by atoms with E-state index in [2.05, 4.69) is 36.8 Å². The molecule has 0 aromatic carbocycles. The third-order valence-corrected chi connectivity index (χ3v) is 4.99. The fourth-order valence-corrected chi connectivity index (χ4v) is 3.30. The first-order valence-electron chi connectivity index (χ1n) is 9.21. The van der Waals surface area contributed by atoms with Crippen molar-refractivity contribution in [2.75, 3.05) is 37.6 Å². The van der Waals surface area contributed by atoms with Gasteiger partial charge in [0.25, 0.3) is 5.78 Å². The van der Waals surface area contributed by atoms with Crippen LogP contribution in [0.1, 0.15) is 25.4 Å². The van der Waals surface area contributed by atoms with Crippen LogP contribution in [0.5, 0.6) is 0 Å².